The quantitative estimate of drug-likeness (QED) is 0.624. The van der Waals surface area contributed by atoms with Crippen molar-refractivity contribution in [3.63, 3.8) is 0 Å². The zero-order valence-corrected chi connectivity index (χ0v) is 20.8. The molecule has 0 bridgehead atoms. The predicted molar refractivity (Wildman–Crippen MR) is 133 cm³/mol. The Morgan fingerprint density at radius 2 is 1.89 bits per heavy atom. The number of pyridine rings is 1. The molecule has 35 heavy (non-hydrogen) atoms. The Balaban J connectivity index is 1.44. The summed E-state index contributed by atoms with van der Waals surface area (Å²) in [5, 5.41) is 9.62. The van der Waals surface area contributed by atoms with E-state index in [0.29, 0.717) is 30.3 Å². The lowest BCUT2D eigenvalue weighted by Gasteiger charge is -2.34. The SMILES string of the molecule is CCOC(=O)N(C)[C@@H]1CN(C(=O)C2CCN(c3ccc(C#N)cn3)CC2)CC1c1ccc(Cl)cc1. The van der Waals surface area contributed by atoms with E-state index in [1.807, 2.05) is 35.2 Å². The Morgan fingerprint density at radius 3 is 2.49 bits per heavy atom. The molecule has 8 nitrogen and oxygen atoms in total. The van der Waals surface area contributed by atoms with Gasteiger partial charge in [0.25, 0.3) is 0 Å². The minimum absolute atomic E-state index is 0.0199. The number of carbonyl (C=O) groups excluding carboxylic acids is 2. The van der Waals surface area contributed by atoms with Gasteiger partial charge in [0.05, 0.1) is 18.2 Å². The van der Waals surface area contributed by atoms with E-state index < -0.39 is 0 Å². The fourth-order valence-electron chi connectivity index (χ4n) is 5.01. The van der Waals surface area contributed by atoms with Gasteiger partial charge in [-0.3, -0.25) is 4.79 Å². The number of nitrogens with zero attached hydrogens (tertiary/aromatic N) is 5. The van der Waals surface area contributed by atoms with Crippen LogP contribution < -0.4 is 4.90 Å². The minimum Gasteiger partial charge on any atom is -0.450 e. The Hall–Kier alpha value is -3.31. The maximum absolute atomic E-state index is 13.5. The molecule has 2 fully saturated rings. The number of nitriles is 1. The van der Waals surface area contributed by atoms with Crippen LogP contribution in [0.3, 0.4) is 0 Å². The van der Waals surface area contributed by atoms with Gasteiger partial charge in [-0.05, 0) is 49.6 Å². The number of hydrogen-bond donors (Lipinski definition) is 0. The van der Waals surface area contributed by atoms with E-state index in [1.165, 1.54) is 0 Å². The van der Waals surface area contributed by atoms with Crippen LogP contribution in [-0.2, 0) is 9.53 Å². The highest BCUT2D eigenvalue weighted by molar-refractivity contribution is 6.30. The molecule has 1 aromatic carbocycles. The third-order valence-corrected chi connectivity index (χ3v) is 7.25. The number of hydrogen-bond acceptors (Lipinski definition) is 6. The third-order valence-electron chi connectivity index (χ3n) is 7.00. The van der Waals surface area contributed by atoms with Gasteiger partial charge in [-0.25, -0.2) is 9.78 Å². The Kier molecular flexibility index (Phi) is 7.76. The number of ether oxygens (including phenoxy) is 1. The molecule has 2 amide bonds. The van der Waals surface area contributed by atoms with Crippen LogP contribution >= 0.6 is 11.6 Å². The first-order valence-electron chi connectivity index (χ1n) is 12.0. The summed E-state index contributed by atoms with van der Waals surface area (Å²) in [7, 11) is 1.74. The lowest BCUT2D eigenvalue weighted by Crippen LogP contribution is -2.44. The third kappa shape index (κ3) is 5.51. The van der Waals surface area contributed by atoms with Crippen LogP contribution in [-0.4, -0.2) is 72.7 Å². The van der Waals surface area contributed by atoms with Gasteiger partial charge in [0, 0.05) is 56.3 Å². The number of anilines is 1. The van der Waals surface area contributed by atoms with Crippen LogP contribution in [0.25, 0.3) is 0 Å². The van der Waals surface area contributed by atoms with Crippen LogP contribution in [0.2, 0.25) is 5.02 Å². The summed E-state index contributed by atoms with van der Waals surface area (Å²) >= 11 is 6.09. The molecule has 4 rings (SSSR count). The second-order valence-electron chi connectivity index (χ2n) is 9.06. The average molecular weight is 496 g/mol. The molecule has 0 spiro atoms. The molecule has 2 saturated heterocycles. The van der Waals surface area contributed by atoms with Gasteiger partial charge in [-0.1, -0.05) is 23.7 Å². The normalized spacial score (nSPS) is 20.4. The van der Waals surface area contributed by atoms with E-state index in [0.717, 1.165) is 37.3 Å². The summed E-state index contributed by atoms with van der Waals surface area (Å²) in [5.74, 6) is 0.877. The van der Waals surface area contributed by atoms with E-state index in [9.17, 15) is 9.59 Å². The monoisotopic (exact) mass is 495 g/mol. The summed E-state index contributed by atoms with van der Waals surface area (Å²) in [5.41, 5.74) is 1.58. The second-order valence-corrected chi connectivity index (χ2v) is 9.49. The van der Waals surface area contributed by atoms with E-state index in [2.05, 4.69) is 16.0 Å². The van der Waals surface area contributed by atoms with Crippen molar-refractivity contribution in [3.8, 4) is 6.07 Å². The average Bonchev–Trinajstić information content (AvgIpc) is 3.34. The largest absolute Gasteiger partial charge is 0.450 e. The molecule has 184 valence electrons. The summed E-state index contributed by atoms with van der Waals surface area (Å²) in [6.45, 7) is 4.57. The van der Waals surface area contributed by atoms with Crippen molar-refractivity contribution in [2.24, 2.45) is 5.92 Å². The Morgan fingerprint density at radius 1 is 1.17 bits per heavy atom. The topological polar surface area (TPSA) is 89.8 Å². The van der Waals surface area contributed by atoms with Crippen molar-refractivity contribution in [2.45, 2.75) is 31.7 Å². The van der Waals surface area contributed by atoms with Crippen molar-refractivity contribution < 1.29 is 14.3 Å². The van der Waals surface area contributed by atoms with Crippen molar-refractivity contribution in [1.82, 2.24) is 14.8 Å². The summed E-state index contributed by atoms with van der Waals surface area (Å²) in [6.07, 6.45) is 2.67. The van der Waals surface area contributed by atoms with Crippen LogP contribution in [0.1, 0.15) is 36.8 Å². The maximum atomic E-state index is 13.5. The van der Waals surface area contributed by atoms with Crippen molar-refractivity contribution in [3.05, 3.63) is 58.7 Å². The molecule has 0 aliphatic carbocycles. The first-order chi connectivity index (χ1) is 16.9. The number of rotatable bonds is 5. The number of aromatic nitrogens is 1. The number of likely N-dealkylation sites (tertiary alicyclic amines) is 1. The van der Waals surface area contributed by atoms with Gasteiger partial charge in [0.1, 0.15) is 11.9 Å². The highest BCUT2D eigenvalue weighted by Gasteiger charge is 2.42. The number of halogens is 1. The molecule has 9 heteroatoms. The van der Waals surface area contributed by atoms with Gasteiger partial charge >= 0.3 is 6.09 Å². The molecule has 0 N–H and O–H groups in total. The Bertz CT molecular complexity index is 1080. The standard InChI is InChI=1S/C26H30ClN5O3/c1-3-35-26(34)30(2)23-17-32(16-22(23)19-5-7-21(27)8-6-19)25(33)20-10-12-31(13-11-20)24-9-4-18(14-28)15-29-24/h4-9,15,20,22-23H,3,10-13,16-17H2,1-2H3/t22?,23-/m1/s1. The summed E-state index contributed by atoms with van der Waals surface area (Å²) in [4.78, 5) is 36.1. The van der Waals surface area contributed by atoms with Crippen molar-refractivity contribution >= 4 is 29.4 Å². The first kappa shape index (κ1) is 24.8. The van der Waals surface area contributed by atoms with Crippen molar-refractivity contribution in [1.29, 1.82) is 5.26 Å². The molecular formula is C26H30ClN5O3. The number of carbonyl (C=O) groups is 2. The molecule has 3 heterocycles. The number of benzene rings is 1. The van der Waals surface area contributed by atoms with Gasteiger partial charge in [-0.2, -0.15) is 5.26 Å². The Labute approximate surface area is 211 Å². The van der Waals surface area contributed by atoms with E-state index >= 15 is 0 Å². The second kappa shape index (κ2) is 11.0. The fraction of sp³-hybridized carbons (Fsp3) is 0.462. The van der Waals surface area contributed by atoms with Gasteiger partial charge in [0.2, 0.25) is 5.91 Å². The summed E-state index contributed by atoms with van der Waals surface area (Å²) < 4.78 is 5.23. The molecular weight excluding hydrogens is 466 g/mol. The van der Waals surface area contributed by atoms with E-state index in [1.54, 1.807) is 31.1 Å². The molecule has 2 aromatic rings. The molecule has 0 saturated carbocycles. The number of likely N-dealkylation sites (N-methyl/N-ethyl adjacent to an activating group) is 1. The highest BCUT2D eigenvalue weighted by atomic mass is 35.5. The molecule has 1 unspecified atom stereocenters. The van der Waals surface area contributed by atoms with Crippen LogP contribution in [0.5, 0.6) is 0 Å². The van der Waals surface area contributed by atoms with Crippen molar-refractivity contribution in [2.75, 3.05) is 44.7 Å². The number of piperidine rings is 1. The lowest BCUT2D eigenvalue weighted by molar-refractivity contribution is -0.135. The molecule has 1 aromatic heterocycles. The number of amides is 2. The van der Waals surface area contributed by atoms with Crippen LogP contribution in [0.15, 0.2) is 42.6 Å². The van der Waals surface area contributed by atoms with Crippen LogP contribution in [0, 0.1) is 17.2 Å². The lowest BCUT2D eigenvalue weighted by atomic mass is 9.93. The predicted octanol–water partition coefficient (Wildman–Crippen LogP) is 3.91. The minimum atomic E-state index is -0.381. The fourth-order valence-corrected chi connectivity index (χ4v) is 5.14. The molecule has 0 radical (unpaired) electrons. The maximum Gasteiger partial charge on any atom is 0.409 e. The van der Waals surface area contributed by atoms with Gasteiger partial charge in [-0.15, -0.1) is 0 Å². The smallest absolute Gasteiger partial charge is 0.409 e. The van der Waals surface area contributed by atoms with Gasteiger partial charge < -0.3 is 19.4 Å². The zero-order valence-electron chi connectivity index (χ0n) is 20.1. The van der Waals surface area contributed by atoms with E-state index in [4.69, 9.17) is 21.6 Å². The first-order valence-corrected chi connectivity index (χ1v) is 12.3. The molecule has 2 aliphatic rings. The zero-order chi connectivity index (χ0) is 24.9. The van der Waals surface area contributed by atoms with Crippen LogP contribution in [0.4, 0.5) is 10.6 Å². The molecule has 2 aliphatic heterocycles. The summed E-state index contributed by atoms with van der Waals surface area (Å²) in [6, 6.07) is 13.1. The van der Waals surface area contributed by atoms with E-state index in [-0.39, 0.29) is 29.9 Å². The highest BCUT2D eigenvalue weighted by Crippen LogP contribution is 2.34. The van der Waals surface area contributed by atoms with Gasteiger partial charge in [0.15, 0.2) is 0 Å². The molecule has 2 atom stereocenters.